The van der Waals surface area contributed by atoms with Crippen molar-refractivity contribution in [2.45, 2.75) is 6.61 Å². The lowest BCUT2D eigenvalue weighted by atomic mass is 10.2. The average molecular weight is 335 g/mol. The monoisotopic (exact) mass is 335 g/mol. The number of aromatic nitrogens is 2. The van der Waals surface area contributed by atoms with Crippen LogP contribution in [-0.4, -0.2) is 36.8 Å². The Kier molecular flexibility index (Phi) is 5.02. The highest BCUT2D eigenvalue weighted by atomic mass is 32.2. The first-order valence-corrected chi connectivity index (χ1v) is 8.27. The van der Waals surface area contributed by atoms with Gasteiger partial charge >= 0.3 is 0 Å². The molecule has 1 N–H and O–H groups in total. The molecule has 2 heterocycles. The van der Waals surface area contributed by atoms with Gasteiger partial charge in [-0.1, -0.05) is 0 Å². The summed E-state index contributed by atoms with van der Waals surface area (Å²) in [6, 6.07) is 4.47. The maximum Gasteiger partial charge on any atom is 0.266 e. The number of nitrogens with zero attached hydrogens (tertiary/aromatic N) is 2. The minimum atomic E-state index is -3.63. The molecule has 0 aliphatic rings. The molecule has 9 heteroatoms. The first kappa shape index (κ1) is 16.6. The molecule has 0 atom stereocenters. The number of sulfonamides is 1. The molecule has 2 aromatic heterocycles. The summed E-state index contributed by atoms with van der Waals surface area (Å²) in [5, 5.41) is 0. The molecule has 23 heavy (non-hydrogen) atoms. The summed E-state index contributed by atoms with van der Waals surface area (Å²) in [6.07, 6.45) is 5.67. The molecule has 0 fully saturated rings. The van der Waals surface area contributed by atoms with Gasteiger partial charge in [0.25, 0.3) is 5.91 Å². The standard InChI is InChI=1S/C14H13N3O5S/c1-23(20,21)17-14(19)10-2-3-12(16-6-10)9-22-13-7-15-5-4-11(13)8-18/h2-8H,9H2,1H3,(H,17,19). The molecule has 0 bridgehead atoms. The number of carbonyl (C=O) groups is 2. The van der Waals surface area contributed by atoms with Gasteiger partial charge < -0.3 is 4.74 Å². The number of nitrogens with one attached hydrogen (secondary N) is 1. The van der Waals surface area contributed by atoms with Crippen LogP contribution < -0.4 is 9.46 Å². The largest absolute Gasteiger partial charge is 0.485 e. The lowest BCUT2D eigenvalue weighted by molar-refractivity contribution is 0.0980. The Labute approximate surface area is 132 Å². The molecule has 0 aliphatic heterocycles. The van der Waals surface area contributed by atoms with Crippen LogP contribution in [0.15, 0.2) is 36.8 Å². The Bertz CT molecular complexity index is 819. The third-order valence-corrected chi connectivity index (χ3v) is 3.24. The molecule has 0 aromatic carbocycles. The molecule has 0 spiro atoms. The third kappa shape index (κ3) is 4.85. The van der Waals surface area contributed by atoms with Crippen LogP contribution in [0.1, 0.15) is 26.4 Å². The maximum absolute atomic E-state index is 11.6. The molecule has 8 nitrogen and oxygen atoms in total. The summed E-state index contributed by atoms with van der Waals surface area (Å²) in [6.45, 7) is 0.0699. The van der Waals surface area contributed by atoms with E-state index < -0.39 is 15.9 Å². The van der Waals surface area contributed by atoms with E-state index >= 15 is 0 Å². The molecular weight excluding hydrogens is 322 g/mol. The molecule has 1 amide bonds. The number of aldehydes is 1. The van der Waals surface area contributed by atoms with Gasteiger partial charge in [0.15, 0.2) is 6.29 Å². The molecular formula is C14H13N3O5S. The molecule has 0 aliphatic carbocycles. The number of hydrogen-bond donors (Lipinski definition) is 1. The summed E-state index contributed by atoms with van der Waals surface area (Å²) in [5.41, 5.74) is 0.972. The maximum atomic E-state index is 11.6. The van der Waals surface area contributed by atoms with E-state index in [1.54, 1.807) is 0 Å². The zero-order valence-electron chi connectivity index (χ0n) is 12.1. The fourth-order valence-corrected chi connectivity index (χ4v) is 2.09. The summed E-state index contributed by atoms with van der Waals surface area (Å²) in [7, 11) is -3.63. The van der Waals surface area contributed by atoms with Crippen LogP contribution in [0.4, 0.5) is 0 Å². The van der Waals surface area contributed by atoms with E-state index in [0.717, 1.165) is 6.26 Å². The first-order valence-electron chi connectivity index (χ1n) is 6.38. The minimum Gasteiger partial charge on any atom is -0.485 e. The van der Waals surface area contributed by atoms with Crippen molar-refractivity contribution >= 4 is 22.2 Å². The molecule has 0 radical (unpaired) electrons. The van der Waals surface area contributed by atoms with Crippen molar-refractivity contribution in [3.63, 3.8) is 0 Å². The highest BCUT2D eigenvalue weighted by molar-refractivity contribution is 7.89. The van der Waals surface area contributed by atoms with Crippen molar-refractivity contribution in [2.24, 2.45) is 0 Å². The van der Waals surface area contributed by atoms with E-state index in [-0.39, 0.29) is 12.2 Å². The lowest BCUT2D eigenvalue weighted by Crippen LogP contribution is -2.29. The number of amides is 1. The number of carbonyl (C=O) groups excluding carboxylic acids is 2. The minimum absolute atomic E-state index is 0.0699. The van der Waals surface area contributed by atoms with E-state index in [2.05, 4.69) is 9.97 Å². The predicted octanol–water partition coefficient (Wildman–Crippen LogP) is 0.557. The second-order valence-electron chi connectivity index (χ2n) is 4.56. The summed E-state index contributed by atoms with van der Waals surface area (Å²) in [4.78, 5) is 30.4. The van der Waals surface area contributed by atoms with Crippen LogP contribution >= 0.6 is 0 Å². The van der Waals surface area contributed by atoms with Crippen molar-refractivity contribution in [3.05, 3.63) is 53.6 Å². The number of pyridine rings is 2. The highest BCUT2D eigenvalue weighted by Gasteiger charge is 2.11. The average Bonchev–Trinajstić information content (AvgIpc) is 2.52. The van der Waals surface area contributed by atoms with Crippen LogP contribution in [0.5, 0.6) is 5.75 Å². The fourth-order valence-electron chi connectivity index (χ4n) is 1.63. The zero-order valence-corrected chi connectivity index (χ0v) is 12.9. The van der Waals surface area contributed by atoms with Crippen molar-refractivity contribution in [3.8, 4) is 5.75 Å². The molecule has 2 rings (SSSR count). The number of ether oxygens (including phenoxy) is 1. The van der Waals surface area contributed by atoms with E-state index in [1.807, 2.05) is 4.72 Å². The van der Waals surface area contributed by atoms with Gasteiger partial charge in [-0.05, 0) is 18.2 Å². The Morgan fingerprint density at radius 3 is 2.70 bits per heavy atom. The van der Waals surface area contributed by atoms with E-state index in [9.17, 15) is 18.0 Å². The van der Waals surface area contributed by atoms with E-state index in [1.165, 1.54) is 36.8 Å². The second-order valence-corrected chi connectivity index (χ2v) is 6.31. The molecule has 0 unspecified atom stereocenters. The van der Waals surface area contributed by atoms with Gasteiger partial charge in [0.05, 0.1) is 29.3 Å². The molecule has 0 saturated carbocycles. The van der Waals surface area contributed by atoms with Gasteiger partial charge in [0, 0.05) is 12.4 Å². The van der Waals surface area contributed by atoms with Crippen molar-refractivity contribution in [1.29, 1.82) is 0 Å². The van der Waals surface area contributed by atoms with Gasteiger partial charge in [-0.2, -0.15) is 0 Å². The van der Waals surface area contributed by atoms with E-state index in [4.69, 9.17) is 4.74 Å². The van der Waals surface area contributed by atoms with Gasteiger partial charge in [-0.25, -0.2) is 13.1 Å². The van der Waals surface area contributed by atoms with Crippen molar-refractivity contribution in [2.75, 3.05) is 6.26 Å². The van der Waals surface area contributed by atoms with Crippen molar-refractivity contribution < 1.29 is 22.7 Å². The Morgan fingerprint density at radius 2 is 2.09 bits per heavy atom. The summed E-state index contributed by atoms with van der Waals surface area (Å²) in [5.74, 6) is -0.439. The normalized spacial score (nSPS) is 10.8. The topological polar surface area (TPSA) is 115 Å². The zero-order chi connectivity index (χ0) is 16.9. The fraction of sp³-hybridized carbons (Fsp3) is 0.143. The predicted molar refractivity (Wildman–Crippen MR) is 80.5 cm³/mol. The highest BCUT2D eigenvalue weighted by Crippen LogP contribution is 2.15. The quantitative estimate of drug-likeness (QED) is 0.767. The third-order valence-electron chi connectivity index (χ3n) is 2.68. The van der Waals surface area contributed by atoms with Gasteiger partial charge in [0.1, 0.15) is 12.4 Å². The molecule has 0 saturated heterocycles. The van der Waals surface area contributed by atoms with E-state index in [0.29, 0.717) is 23.3 Å². The van der Waals surface area contributed by atoms with Gasteiger partial charge in [-0.15, -0.1) is 0 Å². The molecule has 120 valence electrons. The Balaban J connectivity index is 2.03. The number of hydrogen-bond acceptors (Lipinski definition) is 7. The summed E-state index contributed by atoms with van der Waals surface area (Å²) >= 11 is 0. The van der Waals surface area contributed by atoms with Crippen LogP contribution in [-0.2, 0) is 16.6 Å². The van der Waals surface area contributed by atoms with Crippen molar-refractivity contribution in [1.82, 2.24) is 14.7 Å². The second kappa shape index (κ2) is 6.97. The van der Waals surface area contributed by atoms with Crippen LogP contribution in [0.3, 0.4) is 0 Å². The SMILES string of the molecule is CS(=O)(=O)NC(=O)c1ccc(COc2cnccc2C=O)nc1. The van der Waals surface area contributed by atoms with Gasteiger partial charge in [0.2, 0.25) is 10.0 Å². The smallest absolute Gasteiger partial charge is 0.266 e. The van der Waals surface area contributed by atoms with Crippen LogP contribution in [0.25, 0.3) is 0 Å². The van der Waals surface area contributed by atoms with Crippen LogP contribution in [0, 0.1) is 0 Å². The Hall–Kier alpha value is -2.81. The first-order chi connectivity index (χ1) is 10.9. The van der Waals surface area contributed by atoms with Gasteiger partial charge in [-0.3, -0.25) is 19.6 Å². The molecule has 2 aromatic rings. The lowest BCUT2D eigenvalue weighted by Gasteiger charge is -2.07. The summed E-state index contributed by atoms with van der Waals surface area (Å²) < 4.78 is 29.3. The Morgan fingerprint density at radius 1 is 1.30 bits per heavy atom. The van der Waals surface area contributed by atoms with Crippen LogP contribution in [0.2, 0.25) is 0 Å². The number of rotatable bonds is 6.